The lowest BCUT2D eigenvalue weighted by Gasteiger charge is -2.32. The van der Waals surface area contributed by atoms with Crippen molar-refractivity contribution < 1.29 is 32.6 Å². The predicted octanol–water partition coefficient (Wildman–Crippen LogP) is 3.56. The Morgan fingerprint density at radius 1 is 1.32 bits per heavy atom. The SMILES string of the molecule is C=CCOC1CC([C@H]2OC(=O)N[C@H]2Cc2cc(F)cc(F)c2)N(C(=O)OC(C)(C)C)C1. The molecule has 31 heavy (non-hydrogen) atoms. The van der Waals surface area contributed by atoms with E-state index < -0.39 is 47.6 Å². The summed E-state index contributed by atoms with van der Waals surface area (Å²) in [7, 11) is 0. The normalized spacial score (nSPS) is 25.8. The summed E-state index contributed by atoms with van der Waals surface area (Å²) in [5.41, 5.74) is -0.329. The van der Waals surface area contributed by atoms with E-state index in [0.717, 1.165) is 6.07 Å². The monoisotopic (exact) mass is 438 g/mol. The molecule has 0 saturated carbocycles. The molecule has 2 fully saturated rings. The van der Waals surface area contributed by atoms with Gasteiger partial charge in [0.15, 0.2) is 0 Å². The summed E-state index contributed by atoms with van der Waals surface area (Å²) in [5.74, 6) is -1.41. The summed E-state index contributed by atoms with van der Waals surface area (Å²) in [6.45, 7) is 9.51. The van der Waals surface area contributed by atoms with E-state index in [2.05, 4.69) is 11.9 Å². The summed E-state index contributed by atoms with van der Waals surface area (Å²) in [6.07, 6.45) is -0.0374. The molecule has 0 aliphatic carbocycles. The molecule has 1 aromatic rings. The van der Waals surface area contributed by atoms with Crippen molar-refractivity contribution in [2.45, 2.75) is 63.5 Å². The van der Waals surface area contributed by atoms with E-state index in [-0.39, 0.29) is 19.1 Å². The second-order valence-electron chi connectivity index (χ2n) is 8.78. The molecule has 0 aromatic heterocycles. The van der Waals surface area contributed by atoms with Crippen LogP contribution in [0.4, 0.5) is 18.4 Å². The number of hydrogen-bond acceptors (Lipinski definition) is 5. The first-order valence-electron chi connectivity index (χ1n) is 10.2. The molecule has 2 aliphatic rings. The van der Waals surface area contributed by atoms with Crippen molar-refractivity contribution in [2.75, 3.05) is 13.2 Å². The zero-order valence-corrected chi connectivity index (χ0v) is 17.9. The van der Waals surface area contributed by atoms with E-state index in [1.807, 2.05) is 0 Å². The number of cyclic esters (lactones) is 1. The molecule has 4 atom stereocenters. The second kappa shape index (κ2) is 9.21. The van der Waals surface area contributed by atoms with Gasteiger partial charge in [-0.1, -0.05) is 6.08 Å². The van der Waals surface area contributed by atoms with Crippen molar-refractivity contribution in [3.8, 4) is 0 Å². The largest absolute Gasteiger partial charge is 0.444 e. The van der Waals surface area contributed by atoms with Crippen LogP contribution in [0.25, 0.3) is 0 Å². The number of nitrogens with zero attached hydrogens (tertiary/aromatic N) is 1. The third kappa shape index (κ3) is 5.94. The van der Waals surface area contributed by atoms with Gasteiger partial charge in [0, 0.05) is 6.07 Å². The highest BCUT2D eigenvalue weighted by Crippen LogP contribution is 2.31. The molecule has 1 aromatic carbocycles. The van der Waals surface area contributed by atoms with Gasteiger partial charge in [-0.2, -0.15) is 0 Å². The Bertz CT molecular complexity index is 821. The van der Waals surface area contributed by atoms with Gasteiger partial charge in [-0.05, 0) is 51.3 Å². The van der Waals surface area contributed by atoms with Crippen molar-refractivity contribution in [2.24, 2.45) is 0 Å². The Morgan fingerprint density at radius 2 is 2.00 bits per heavy atom. The highest BCUT2D eigenvalue weighted by atomic mass is 19.1. The van der Waals surface area contributed by atoms with Crippen LogP contribution in [0.15, 0.2) is 30.9 Å². The zero-order chi connectivity index (χ0) is 22.8. The minimum atomic E-state index is -0.733. The minimum absolute atomic E-state index is 0.141. The first-order valence-corrected chi connectivity index (χ1v) is 10.2. The minimum Gasteiger partial charge on any atom is -0.444 e. The maximum absolute atomic E-state index is 13.6. The molecule has 2 heterocycles. The lowest BCUT2D eigenvalue weighted by molar-refractivity contribution is 0.00420. The lowest BCUT2D eigenvalue weighted by Crippen LogP contribution is -2.50. The number of benzene rings is 1. The highest BCUT2D eigenvalue weighted by molar-refractivity contribution is 5.72. The Hall–Kier alpha value is -2.68. The number of carbonyl (C=O) groups excluding carboxylic acids is 2. The standard InChI is InChI=1S/C22H28F2N2O5/c1-5-6-29-16-11-18(26(12-16)21(28)31-22(2,3)4)19-17(25-20(27)30-19)9-13-7-14(23)10-15(24)8-13/h5,7-8,10,16-19H,1,6,9,11-12H2,2-4H3,(H,25,27)/t16?,17-,18?,19-/m0/s1. The average molecular weight is 438 g/mol. The van der Waals surface area contributed by atoms with E-state index in [4.69, 9.17) is 14.2 Å². The molecule has 1 N–H and O–H groups in total. The molecule has 0 spiro atoms. The summed E-state index contributed by atoms with van der Waals surface area (Å²) in [4.78, 5) is 26.4. The molecule has 2 amide bonds. The topological polar surface area (TPSA) is 77.1 Å². The third-order valence-electron chi connectivity index (χ3n) is 5.08. The van der Waals surface area contributed by atoms with Crippen molar-refractivity contribution in [3.63, 3.8) is 0 Å². The van der Waals surface area contributed by atoms with Crippen LogP contribution in [0, 0.1) is 11.6 Å². The maximum Gasteiger partial charge on any atom is 0.410 e. The summed E-state index contributed by atoms with van der Waals surface area (Å²) in [5, 5.41) is 2.69. The van der Waals surface area contributed by atoms with Crippen molar-refractivity contribution in [3.05, 3.63) is 48.1 Å². The van der Waals surface area contributed by atoms with Crippen LogP contribution in [0.3, 0.4) is 0 Å². The van der Waals surface area contributed by atoms with Crippen LogP contribution in [-0.2, 0) is 20.6 Å². The molecule has 9 heteroatoms. The van der Waals surface area contributed by atoms with E-state index in [9.17, 15) is 18.4 Å². The number of hydrogen-bond donors (Lipinski definition) is 1. The fraction of sp³-hybridized carbons (Fsp3) is 0.545. The highest BCUT2D eigenvalue weighted by Gasteiger charge is 2.49. The summed E-state index contributed by atoms with van der Waals surface area (Å²) >= 11 is 0. The molecular weight excluding hydrogens is 410 g/mol. The average Bonchev–Trinajstić information content (AvgIpc) is 3.21. The summed E-state index contributed by atoms with van der Waals surface area (Å²) < 4.78 is 44.0. The van der Waals surface area contributed by atoms with Gasteiger partial charge in [0.2, 0.25) is 0 Å². The number of amides is 2. The quantitative estimate of drug-likeness (QED) is 0.688. The molecule has 3 rings (SSSR count). The smallest absolute Gasteiger partial charge is 0.410 e. The van der Waals surface area contributed by atoms with Crippen molar-refractivity contribution in [1.82, 2.24) is 10.2 Å². The first-order chi connectivity index (χ1) is 14.6. The van der Waals surface area contributed by atoms with Gasteiger partial charge in [-0.3, -0.25) is 4.90 Å². The third-order valence-corrected chi connectivity index (χ3v) is 5.08. The van der Waals surface area contributed by atoms with Crippen LogP contribution in [0.2, 0.25) is 0 Å². The van der Waals surface area contributed by atoms with Gasteiger partial charge in [0.25, 0.3) is 0 Å². The van der Waals surface area contributed by atoms with Gasteiger partial charge in [-0.25, -0.2) is 18.4 Å². The number of nitrogens with one attached hydrogen (secondary N) is 1. The fourth-order valence-electron chi connectivity index (χ4n) is 3.96. The van der Waals surface area contributed by atoms with Gasteiger partial charge >= 0.3 is 12.2 Å². The number of ether oxygens (including phenoxy) is 3. The Morgan fingerprint density at radius 3 is 2.61 bits per heavy atom. The van der Waals surface area contributed by atoms with E-state index in [1.54, 1.807) is 26.8 Å². The zero-order valence-electron chi connectivity index (χ0n) is 17.9. The molecule has 2 unspecified atom stereocenters. The summed E-state index contributed by atoms with van der Waals surface area (Å²) in [6, 6.07) is 2.10. The van der Waals surface area contributed by atoms with Gasteiger partial charge < -0.3 is 19.5 Å². The molecule has 0 radical (unpaired) electrons. The lowest BCUT2D eigenvalue weighted by atomic mass is 9.95. The molecule has 170 valence electrons. The van der Waals surface area contributed by atoms with Crippen molar-refractivity contribution >= 4 is 12.2 Å². The molecule has 7 nitrogen and oxygen atoms in total. The van der Waals surface area contributed by atoms with E-state index >= 15 is 0 Å². The van der Waals surface area contributed by atoms with Crippen LogP contribution < -0.4 is 5.32 Å². The van der Waals surface area contributed by atoms with Gasteiger partial charge in [0.1, 0.15) is 23.3 Å². The van der Waals surface area contributed by atoms with Gasteiger partial charge in [0.05, 0.1) is 31.3 Å². The van der Waals surface area contributed by atoms with Crippen LogP contribution in [-0.4, -0.2) is 60.1 Å². The number of alkyl carbamates (subject to hydrolysis) is 1. The second-order valence-corrected chi connectivity index (χ2v) is 8.78. The van der Waals surface area contributed by atoms with E-state index in [0.29, 0.717) is 18.6 Å². The molecule has 0 bridgehead atoms. The maximum atomic E-state index is 13.6. The number of likely N-dealkylation sites (tertiary alicyclic amines) is 1. The van der Waals surface area contributed by atoms with Crippen LogP contribution in [0.5, 0.6) is 0 Å². The Kier molecular flexibility index (Phi) is 6.83. The first kappa shape index (κ1) is 23.0. The Labute approximate surface area is 180 Å². The van der Waals surface area contributed by atoms with Gasteiger partial charge in [-0.15, -0.1) is 6.58 Å². The van der Waals surface area contributed by atoms with Crippen LogP contribution >= 0.6 is 0 Å². The number of rotatable bonds is 6. The molecular formula is C22H28F2N2O5. The van der Waals surface area contributed by atoms with Crippen LogP contribution in [0.1, 0.15) is 32.8 Å². The molecule has 2 aliphatic heterocycles. The molecule has 2 saturated heterocycles. The van der Waals surface area contributed by atoms with E-state index in [1.165, 1.54) is 17.0 Å². The number of carbonyl (C=O) groups is 2. The fourth-order valence-corrected chi connectivity index (χ4v) is 3.96. The predicted molar refractivity (Wildman–Crippen MR) is 109 cm³/mol. The number of halogens is 2. The van der Waals surface area contributed by atoms with Crippen molar-refractivity contribution in [1.29, 1.82) is 0 Å². The Balaban J connectivity index is 1.82.